The largest absolute Gasteiger partial charge is 0.480 e. The van der Waals surface area contributed by atoms with Crippen LogP contribution in [0.2, 0.25) is 0 Å². The summed E-state index contributed by atoms with van der Waals surface area (Å²) in [5, 5.41) is 16.5. The Balaban J connectivity index is 4.97. The highest BCUT2D eigenvalue weighted by Crippen LogP contribution is 2.05. The Bertz CT molecular complexity index is 637. The summed E-state index contributed by atoms with van der Waals surface area (Å²) in [6, 6.07) is -4.03. The molecule has 4 amide bonds. The molecule has 0 rings (SSSR count). The lowest BCUT2D eigenvalue weighted by molar-refractivity contribution is -0.142. The van der Waals surface area contributed by atoms with Crippen LogP contribution in [-0.4, -0.2) is 82.9 Å². The highest BCUT2D eigenvalue weighted by Gasteiger charge is 2.28. The SMILES string of the molecule is CSCCC(N)C(=O)NC(CCSC)C(=O)NC(C)C(=O)NC(CCC(N)=O)C(=O)O. The number of thioether (sulfide) groups is 2. The van der Waals surface area contributed by atoms with Crippen molar-refractivity contribution in [3.63, 3.8) is 0 Å². The van der Waals surface area contributed by atoms with Crippen molar-refractivity contribution in [2.45, 2.75) is 56.8 Å². The zero-order valence-corrected chi connectivity index (χ0v) is 19.6. The maximum atomic E-state index is 12.6. The fraction of sp³-hybridized carbons (Fsp3) is 0.722. The zero-order chi connectivity index (χ0) is 24.0. The first-order chi connectivity index (χ1) is 14.5. The Morgan fingerprint density at radius 1 is 0.839 bits per heavy atom. The number of primary amides is 1. The summed E-state index contributed by atoms with van der Waals surface area (Å²) in [5.74, 6) is -2.49. The van der Waals surface area contributed by atoms with Gasteiger partial charge in [-0.2, -0.15) is 23.5 Å². The van der Waals surface area contributed by atoms with Gasteiger partial charge in [0.2, 0.25) is 23.6 Å². The van der Waals surface area contributed by atoms with Crippen LogP contribution in [0.3, 0.4) is 0 Å². The number of amides is 4. The summed E-state index contributed by atoms with van der Waals surface area (Å²) in [4.78, 5) is 59.3. The average molecular weight is 480 g/mol. The molecule has 0 aromatic heterocycles. The molecule has 8 N–H and O–H groups in total. The van der Waals surface area contributed by atoms with Crippen molar-refractivity contribution in [1.29, 1.82) is 0 Å². The van der Waals surface area contributed by atoms with Gasteiger partial charge in [0.1, 0.15) is 18.1 Å². The van der Waals surface area contributed by atoms with E-state index < -0.39 is 53.8 Å². The van der Waals surface area contributed by atoms with Gasteiger partial charge >= 0.3 is 5.97 Å². The van der Waals surface area contributed by atoms with Crippen molar-refractivity contribution in [2.75, 3.05) is 24.0 Å². The van der Waals surface area contributed by atoms with Gasteiger partial charge in [0.25, 0.3) is 0 Å². The number of nitrogens with one attached hydrogen (secondary N) is 3. The van der Waals surface area contributed by atoms with Crippen LogP contribution in [0, 0.1) is 0 Å². The number of aliphatic carboxylic acids is 1. The molecule has 0 heterocycles. The van der Waals surface area contributed by atoms with Crippen LogP contribution in [0.1, 0.15) is 32.6 Å². The molecule has 0 saturated carbocycles. The molecule has 0 aliphatic rings. The highest BCUT2D eigenvalue weighted by atomic mass is 32.2. The van der Waals surface area contributed by atoms with Crippen molar-refractivity contribution < 1.29 is 29.1 Å². The fourth-order valence-electron chi connectivity index (χ4n) is 2.38. The lowest BCUT2D eigenvalue weighted by atomic mass is 10.1. The standard InChI is InChI=1S/C18H33N5O6S2/c1-10(15(25)23-13(18(28)29)4-5-14(20)24)21-17(27)12(7-9-31-3)22-16(26)11(19)6-8-30-2/h10-13H,4-9,19H2,1-3H3,(H2,20,24)(H,21,27)(H,22,26)(H,23,25)(H,28,29). The van der Waals surface area contributed by atoms with Gasteiger partial charge in [0, 0.05) is 6.42 Å². The molecule has 13 heteroatoms. The summed E-state index contributed by atoms with van der Waals surface area (Å²) < 4.78 is 0. The van der Waals surface area contributed by atoms with Crippen molar-refractivity contribution in [2.24, 2.45) is 11.5 Å². The Kier molecular flexibility index (Phi) is 14.7. The minimum atomic E-state index is -1.32. The molecule has 0 saturated heterocycles. The molecule has 0 bridgehead atoms. The van der Waals surface area contributed by atoms with Crippen LogP contribution >= 0.6 is 23.5 Å². The fourth-order valence-corrected chi connectivity index (χ4v) is 3.34. The van der Waals surface area contributed by atoms with Gasteiger partial charge in [-0.3, -0.25) is 19.2 Å². The second kappa shape index (κ2) is 15.8. The maximum absolute atomic E-state index is 12.6. The van der Waals surface area contributed by atoms with Crippen LogP contribution in [-0.2, 0) is 24.0 Å². The average Bonchev–Trinajstić information content (AvgIpc) is 2.71. The number of carboxylic acid groups (broad SMARTS) is 1. The predicted molar refractivity (Wildman–Crippen MR) is 122 cm³/mol. The predicted octanol–water partition coefficient (Wildman–Crippen LogP) is -1.36. The molecular weight excluding hydrogens is 446 g/mol. The maximum Gasteiger partial charge on any atom is 0.326 e. The molecule has 0 aromatic carbocycles. The number of carbonyl (C=O) groups is 5. The van der Waals surface area contributed by atoms with Gasteiger partial charge in [-0.15, -0.1) is 0 Å². The minimum absolute atomic E-state index is 0.169. The number of hydrogen-bond acceptors (Lipinski definition) is 8. The van der Waals surface area contributed by atoms with E-state index in [0.717, 1.165) is 0 Å². The normalized spacial score (nSPS) is 14.6. The molecule has 0 aliphatic heterocycles. The zero-order valence-electron chi connectivity index (χ0n) is 18.0. The molecule has 0 radical (unpaired) electrons. The number of rotatable bonds is 16. The van der Waals surface area contributed by atoms with E-state index in [9.17, 15) is 29.1 Å². The smallest absolute Gasteiger partial charge is 0.326 e. The second-order valence-corrected chi connectivity index (χ2v) is 8.84. The molecule has 0 aromatic rings. The van der Waals surface area contributed by atoms with E-state index in [1.807, 2.05) is 12.5 Å². The third-order valence-electron chi connectivity index (χ3n) is 4.26. The monoisotopic (exact) mass is 479 g/mol. The Morgan fingerprint density at radius 3 is 1.90 bits per heavy atom. The summed E-state index contributed by atoms with van der Waals surface area (Å²) in [6.45, 7) is 1.39. The third kappa shape index (κ3) is 12.5. The molecule has 0 fully saturated rings. The summed E-state index contributed by atoms with van der Waals surface area (Å²) >= 11 is 3.05. The summed E-state index contributed by atoms with van der Waals surface area (Å²) in [7, 11) is 0. The highest BCUT2D eigenvalue weighted by molar-refractivity contribution is 7.98. The molecule has 0 spiro atoms. The van der Waals surface area contributed by atoms with E-state index in [1.54, 1.807) is 11.8 Å². The molecule has 178 valence electrons. The number of nitrogens with two attached hydrogens (primary N) is 2. The number of carboxylic acids is 1. The van der Waals surface area contributed by atoms with Crippen LogP contribution < -0.4 is 27.4 Å². The van der Waals surface area contributed by atoms with Crippen LogP contribution in [0.15, 0.2) is 0 Å². The lowest BCUT2D eigenvalue weighted by Crippen LogP contribution is -2.56. The van der Waals surface area contributed by atoms with Crippen molar-refractivity contribution >= 4 is 53.1 Å². The Morgan fingerprint density at radius 2 is 1.39 bits per heavy atom. The molecule has 4 unspecified atom stereocenters. The van der Waals surface area contributed by atoms with Crippen LogP contribution in [0.5, 0.6) is 0 Å². The van der Waals surface area contributed by atoms with Crippen LogP contribution in [0.25, 0.3) is 0 Å². The lowest BCUT2D eigenvalue weighted by Gasteiger charge is -2.23. The first kappa shape index (κ1) is 29.0. The van der Waals surface area contributed by atoms with Crippen molar-refractivity contribution in [3.05, 3.63) is 0 Å². The third-order valence-corrected chi connectivity index (χ3v) is 5.55. The van der Waals surface area contributed by atoms with E-state index in [1.165, 1.54) is 18.7 Å². The van der Waals surface area contributed by atoms with Gasteiger partial charge in [-0.05, 0) is 50.2 Å². The van der Waals surface area contributed by atoms with Gasteiger partial charge in [0.15, 0.2) is 0 Å². The minimum Gasteiger partial charge on any atom is -0.480 e. The van der Waals surface area contributed by atoms with Gasteiger partial charge in [-0.1, -0.05) is 0 Å². The van der Waals surface area contributed by atoms with Crippen molar-refractivity contribution in [3.8, 4) is 0 Å². The first-order valence-corrected chi connectivity index (χ1v) is 12.5. The molecule has 31 heavy (non-hydrogen) atoms. The molecule has 11 nitrogen and oxygen atoms in total. The molecular formula is C18H33N5O6S2. The van der Waals surface area contributed by atoms with E-state index in [-0.39, 0.29) is 12.8 Å². The molecule has 0 aliphatic carbocycles. The van der Waals surface area contributed by atoms with E-state index in [2.05, 4.69) is 16.0 Å². The van der Waals surface area contributed by atoms with E-state index in [0.29, 0.717) is 24.3 Å². The van der Waals surface area contributed by atoms with E-state index in [4.69, 9.17) is 11.5 Å². The van der Waals surface area contributed by atoms with Gasteiger partial charge in [-0.25, -0.2) is 4.79 Å². The topological polar surface area (TPSA) is 194 Å². The Hall–Kier alpha value is -1.99. The van der Waals surface area contributed by atoms with Gasteiger partial charge < -0.3 is 32.5 Å². The van der Waals surface area contributed by atoms with Crippen LogP contribution in [0.4, 0.5) is 0 Å². The Labute approximate surface area is 190 Å². The van der Waals surface area contributed by atoms with Crippen molar-refractivity contribution in [1.82, 2.24) is 16.0 Å². The quantitative estimate of drug-likeness (QED) is 0.155. The summed E-state index contributed by atoms with van der Waals surface area (Å²) in [6.07, 6.45) is 4.17. The van der Waals surface area contributed by atoms with Gasteiger partial charge in [0.05, 0.1) is 6.04 Å². The summed E-state index contributed by atoms with van der Waals surface area (Å²) in [5.41, 5.74) is 10.9. The number of hydrogen-bond donors (Lipinski definition) is 6. The number of carbonyl (C=O) groups excluding carboxylic acids is 4. The first-order valence-electron chi connectivity index (χ1n) is 9.69. The molecule has 4 atom stereocenters. The van der Waals surface area contributed by atoms with E-state index >= 15 is 0 Å². The second-order valence-electron chi connectivity index (χ2n) is 6.87.